The Labute approximate surface area is 244 Å². The molecular formula is C31H47N7O3. The van der Waals surface area contributed by atoms with Crippen molar-refractivity contribution in [2.75, 3.05) is 48.9 Å². The molecule has 5 rings (SSSR count). The van der Waals surface area contributed by atoms with E-state index in [-0.39, 0.29) is 17.9 Å². The molecule has 1 unspecified atom stereocenters. The lowest BCUT2D eigenvalue weighted by molar-refractivity contribution is -0.129. The molecule has 1 aromatic heterocycles. The second-order valence-electron chi connectivity index (χ2n) is 13.4. The first-order valence-electron chi connectivity index (χ1n) is 15.1. The molecule has 2 aliphatic carbocycles. The fraction of sp³-hybridized carbons (Fsp3) is 0.677. The van der Waals surface area contributed by atoms with E-state index in [1.54, 1.807) is 18.2 Å². The molecular weight excluding hydrogens is 518 g/mol. The van der Waals surface area contributed by atoms with E-state index >= 15 is 0 Å². The van der Waals surface area contributed by atoms with Crippen molar-refractivity contribution in [1.82, 2.24) is 20.2 Å². The zero-order chi connectivity index (χ0) is 29.5. The van der Waals surface area contributed by atoms with Crippen LogP contribution in [0.3, 0.4) is 0 Å². The topological polar surface area (TPSA) is 103 Å². The number of amides is 2. The summed E-state index contributed by atoms with van der Waals surface area (Å²) in [6.07, 6.45) is 11.6. The van der Waals surface area contributed by atoms with Gasteiger partial charge in [-0.1, -0.05) is 18.9 Å². The molecule has 2 aliphatic heterocycles. The summed E-state index contributed by atoms with van der Waals surface area (Å²) in [5.74, 6) is 1.98. The summed E-state index contributed by atoms with van der Waals surface area (Å²) < 4.78 is 5.79. The van der Waals surface area contributed by atoms with Crippen LogP contribution in [-0.4, -0.2) is 78.6 Å². The van der Waals surface area contributed by atoms with E-state index in [9.17, 15) is 9.59 Å². The number of nitrogens with one attached hydrogen (secondary N) is 2. The van der Waals surface area contributed by atoms with E-state index in [1.165, 1.54) is 12.8 Å². The Hall–Kier alpha value is -3.14. The molecule has 0 aromatic carbocycles. The number of methoxy groups -OCH3 is 1. The Morgan fingerprint density at radius 3 is 2.56 bits per heavy atom. The van der Waals surface area contributed by atoms with Gasteiger partial charge in [0.25, 0.3) is 0 Å². The van der Waals surface area contributed by atoms with Crippen molar-refractivity contribution in [3.8, 4) is 0 Å². The SMILES string of the molecule is COC1=C(Nc2ncc3c(n2)N(C2CCCC2)CC(C)(C)C(=O)N3C)C=CC(C)(C(=O)N[C@H]2CCN(C(C)C)C2)C1. The van der Waals surface area contributed by atoms with Crippen molar-refractivity contribution in [2.24, 2.45) is 10.8 Å². The van der Waals surface area contributed by atoms with Crippen LogP contribution >= 0.6 is 0 Å². The van der Waals surface area contributed by atoms with Crippen LogP contribution in [-0.2, 0) is 14.3 Å². The number of anilines is 3. The summed E-state index contributed by atoms with van der Waals surface area (Å²) in [6.45, 7) is 12.9. The predicted molar refractivity (Wildman–Crippen MR) is 162 cm³/mol. The van der Waals surface area contributed by atoms with Gasteiger partial charge in [0.05, 0.1) is 29.8 Å². The van der Waals surface area contributed by atoms with Crippen LogP contribution in [0.4, 0.5) is 17.5 Å². The van der Waals surface area contributed by atoms with Crippen molar-refractivity contribution in [2.45, 2.75) is 91.3 Å². The molecule has 2 atom stereocenters. The molecule has 41 heavy (non-hydrogen) atoms. The summed E-state index contributed by atoms with van der Waals surface area (Å²) in [5, 5.41) is 6.63. The van der Waals surface area contributed by atoms with E-state index in [0.29, 0.717) is 36.8 Å². The smallest absolute Gasteiger partial charge is 0.234 e. The zero-order valence-corrected chi connectivity index (χ0v) is 25.8. The van der Waals surface area contributed by atoms with Crippen LogP contribution in [0.2, 0.25) is 0 Å². The number of nitrogens with zero attached hydrogens (tertiary/aromatic N) is 5. The zero-order valence-electron chi connectivity index (χ0n) is 25.8. The minimum Gasteiger partial charge on any atom is -0.499 e. The maximum atomic E-state index is 13.4. The normalized spacial score (nSPS) is 26.9. The van der Waals surface area contributed by atoms with Crippen molar-refractivity contribution in [1.29, 1.82) is 0 Å². The van der Waals surface area contributed by atoms with Gasteiger partial charge in [0, 0.05) is 51.2 Å². The minimum absolute atomic E-state index is 0.0155. The van der Waals surface area contributed by atoms with Gasteiger partial charge < -0.3 is 25.2 Å². The fourth-order valence-electron chi connectivity index (χ4n) is 6.67. The Morgan fingerprint density at radius 2 is 1.90 bits per heavy atom. The summed E-state index contributed by atoms with van der Waals surface area (Å²) in [4.78, 5) is 42.7. The average molecular weight is 566 g/mol. The quantitative estimate of drug-likeness (QED) is 0.510. The monoisotopic (exact) mass is 565 g/mol. The highest BCUT2D eigenvalue weighted by atomic mass is 16.5. The molecule has 0 spiro atoms. The molecule has 2 N–H and O–H groups in total. The number of allylic oxidation sites excluding steroid dienone is 2. The molecule has 3 heterocycles. The molecule has 2 amide bonds. The van der Waals surface area contributed by atoms with Gasteiger partial charge in [-0.2, -0.15) is 4.98 Å². The van der Waals surface area contributed by atoms with Gasteiger partial charge in [-0.25, -0.2) is 4.98 Å². The second kappa shape index (κ2) is 11.3. The van der Waals surface area contributed by atoms with Gasteiger partial charge in [-0.15, -0.1) is 0 Å². The van der Waals surface area contributed by atoms with Gasteiger partial charge in [0.2, 0.25) is 17.8 Å². The minimum atomic E-state index is -0.718. The summed E-state index contributed by atoms with van der Waals surface area (Å²) in [5.41, 5.74) is 0.199. The fourth-order valence-corrected chi connectivity index (χ4v) is 6.67. The van der Waals surface area contributed by atoms with Gasteiger partial charge in [0.1, 0.15) is 11.4 Å². The molecule has 10 heteroatoms. The first-order chi connectivity index (χ1) is 19.4. The van der Waals surface area contributed by atoms with Crippen LogP contribution in [0.1, 0.15) is 73.1 Å². The van der Waals surface area contributed by atoms with E-state index < -0.39 is 10.8 Å². The molecule has 224 valence electrons. The molecule has 0 bridgehead atoms. The third kappa shape index (κ3) is 5.80. The molecule has 4 aliphatic rings. The first kappa shape index (κ1) is 29.4. The number of rotatable bonds is 7. The Morgan fingerprint density at radius 1 is 1.17 bits per heavy atom. The number of likely N-dealkylation sites (tertiary alicyclic amines) is 1. The van der Waals surface area contributed by atoms with Crippen molar-refractivity contribution < 1.29 is 14.3 Å². The first-order valence-corrected chi connectivity index (χ1v) is 15.1. The Kier molecular flexibility index (Phi) is 8.07. The largest absolute Gasteiger partial charge is 0.499 e. The number of ether oxygens (including phenoxy) is 1. The van der Waals surface area contributed by atoms with E-state index in [2.05, 4.69) is 39.3 Å². The highest BCUT2D eigenvalue weighted by Gasteiger charge is 2.42. The van der Waals surface area contributed by atoms with E-state index in [4.69, 9.17) is 9.72 Å². The highest BCUT2D eigenvalue weighted by Crippen LogP contribution is 2.41. The lowest BCUT2D eigenvalue weighted by Crippen LogP contribution is -2.46. The average Bonchev–Trinajstić information content (AvgIpc) is 3.63. The second-order valence-corrected chi connectivity index (χ2v) is 13.4. The standard InChI is InChI=1S/C31H47N7O3/c1-20(2)37-15-13-21(18-37)33-27(39)31(5)14-12-23(25(16-31)41-7)34-29-32-17-24-26(35-29)38(22-10-8-9-11-22)19-30(3,4)28(40)36(24)6/h12,14,17,20-22H,8-11,13,15-16,18-19H2,1-7H3,(H,33,39)(H,32,34,35)/t21-,31?/m0/s1. The summed E-state index contributed by atoms with van der Waals surface area (Å²) >= 11 is 0. The number of hydrogen-bond donors (Lipinski definition) is 2. The Balaban J connectivity index is 1.36. The van der Waals surface area contributed by atoms with Gasteiger partial charge in [-0.3, -0.25) is 14.5 Å². The predicted octanol–water partition coefficient (Wildman–Crippen LogP) is 4.06. The lowest BCUT2D eigenvalue weighted by Gasteiger charge is -2.34. The molecule has 10 nitrogen and oxygen atoms in total. The van der Waals surface area contributed by atoms with E-state index in [0.717, 1.165) is 49.6 Å². The number of carbonyl (C=O) groups is 2. The highest BCUT2D eigenvalue weighted by molar-refractivity contribution is 6.00. The van der Waals surface area contributed by atoms with Crippen molar-refractivity contribution >= 4 is 29.3 Å². The van der Waals surface area contributed by atoms with Crippen LogP contribution in [0, 0.1) is 10.8 Å². The number of hydrogen-bond acceptors (Lipinski definition) is 8. The molecule has 0 radical (unpaired) electrons. The van der Waals surface area contributed by atoms with Crippen LogP contribution in [0.15, 0.2) is 29.8 Å². The third-order valence-corrected chi connectivity index (χ3v) is 9.34. The maximum Gasteiger partial charge on any atom is 0.234 e. The van der Waals surface area contributed by atoms with Crippen molar-refractivity contribution in [3.05, 3.63) is 29.8 Å². The number of carbonyl (C=O) groups excluding carboxylic acids is 2. The van der Waals surface area contributed by atoms with Crippen LogP contribution in [0.25, 0.3) is 0 Å². The molecule has 1 aromatic rings. The number of fused-ring (bicyclic) bond motifs is 1. The van der Waals surface area contributed by atoms with E-state index in [1.807, 2.05) is 40.0 Å². The van der Waals surface area contributed by atoms with Crippen LogP contribution < -0.4 is 20.4 Å². The van der Waals surface area contributed by atoms with Crippen LogP contribution in [0.5, 0.6) is 0 Å². The molecule has 1 saturated heterocycles. The van der Waals surface area contributed by atoms with Gasteiger partial charge in [-0.05, 0) is 60.0 Å². The molecule has 2 fully saturated rings. The maximum absolute atomic E-state index is 13.4. The van der Waals surface area contributed by atoms with Gasteiger partial charge >= 0.3 is 0 Å². The summed E-state index contributed by atoms with van der Waals surface area (Å²) in [7, 11) is 3.44. The van der Waals surface area contributed by atoms with Crippen molar-refractivity contribution in [3.63, 3.8) is 0 Å². The Bertz CT molecular complexity index is 1240. The lowest BCUT2D eigenvalue weighted by atomic mass is 9.81. The summed E-state index contributed by atoms with van der Waals surface area (Å²) in [6, 6.07) is 0.993. The molecule has 1 saturated carbocycles. The third-order valence-electron chi connectivity index (χ3n) is 9.34. The van der Waals surface area contributed by atoms with Gasteiger partial charge in [0.15, 0.2) is 5.82 Å². The number of aromatic nitrogens is 2.